The van der Waals surface area contributed by atoms with Crippen LogP contribution in [0.4, 0.5) is 4.39 Å². The molecule has 2 atom stereocenters. The zero-order valence-corrected chi connectivity index (χ0v) is 15.7. The van der Waals surface area contributed by atoms with Gasteiger partial charge >= 0.3 is 5.97 Å². The molecule has 0 spiro atoms. The van der Waals surface area contributed by atoms with Gasteiger partial charge in [0.05, 0.1) is 12.7 Å². The van der Waals surface area contributed by atoms with Crippen LogP contribution in [0.25, 0.3) is 0 Å². The second-order valence-electron chi connectivity index (χ2n) is 7.45. The minimum atomic E-state index is -0.550. The summed E-state index contributed by atoms with van der Waals surface area (Å²) in [6.45, 7) is 0.540. The highest BCUT2D eigenvalue weighted by Crippen LogP contribution is 2.31. The van der Waals surface area contributed by atoms with Crippen molar-refractivity contribution in [2.75, 3.05) is 13.7 Å². The van der Waals surface area contributed by atoms with Gasteiger partial charge in [0.15, 0.2) is 0 Å². The van der Waals surface area contributed by atoms with Crippen LogP contribution in [0, 0.1) is 5.82 Å². The molecule has 28 heavy (non-hydrogen) atoms. The molecule has 1 aliphatic carbocycles. The van der Waals surface area contributed by atoms with Gasteiger partial charge in [-0.2, -0.15) is 0 Å². The van der Waals surface area contributed by atoms with E-state index in [1.165, 1.54) is 30.4 Å². The van der Waals surface area contributed by atoms with Crippen molar-refractivity contribution in [1.82, 2.24) is 10.2 Å². The number of halogens is 1. The lowest BCUT2D eigenvalue weighted by atomic mass is 10.1. The molecule has 1 heterocycles. The van der Waals surface area contributed by atoms with E-state index in [2.05, 4.69) is 22.3 Å². The highest BCUT2D eigenvalue weighted by Gasteiger charge is 2.43. The molecular formula is C22H23FN2O3. The number of nitrogens with one attached hydrogen (secondary N) is 1. The number of hydrogen-bond acceptors (Lipinski definition) is 4. The maximum Gasteiger partial charge on any atom is 0.323 e. The van der Waals surface area contributed by atoms with Crippen LogP contribution in [0.2, 0.25) is 0 Å². The third-order valence-electron chi connectivity index (χ3n) is 5.76. The van der Waals surface area contributed by atoms with Crippen LogP contribution in [-0.4, -0.2) is 48.6 Å². The molecule has 0 unspecified atom stereocenters. The van der Waals surface area contributed by atoms with E-state index in [0.29, 0.717) is 13.0 Å². The molecule has 1 fully saturated rings. The lowest BCUT2D eigenvalue weighted by molar-refractivity contribution is -0.146. The van der Waals surface area contributed by atoms with Gasteiger partial charge in [0.25, 0.3) is 5.91 Å². The summed E-state index contributed by atoms with van der Waals surface area (Å²) >= 11 is 0. The van der Waals surface area contributed by atoms with Crippen molar-refractivity contribution in [2.45, 2.75) is 37.4 Å². The lowest BCUT2D eigenvalue weighted by Crippen LogP contribution is -2.45. The van der Waals surface area contributed by atoms with E-state index in [0.717, 1.165) is 12.8 Å². The molecule has 5 nitrogen and oxygen atoms in total. The molecule has 1 aliphatic heterocycles. The molecule has 1 saturated heterocycles. The first-order valence-corrected chi connectivity index (χ1v) is 9.52. The molecule has 1 amide bonds. The quantitative estimate of drug-likeness (QED) is 0.825. The van der Waals surface area contributed by atoms with Gasteiger partial charge in [-0.25, -0.2) is 4.39 Å². The van der Waals surface area contributed by atoms with Gasteiger partial charge < -0.3 is 10.1 Å². The fourth-order valence-electron chi connectivity index (χ4n) is 4.42. The van der Waals surface area contributed by atoms with Crippen molar-refractivity contribution in [3.8, 4) is 0 Å². The summed E-state index contributed by atoms with van der Waals surface area (Å²) in [5.74, 6) is -1.30. The second kappa shape index (κ2) is 7.72. The summed E-state index contributed by atoms with van der Waals surface area (Å²) in [4.78, 5) is 27.0. The molecular weight excluding hydrogens is 359 g/mol. The molecule has 0 bridgehead atoms. The number of carbonyl (C=O) groups is 2. The predicted molar refractivity (Wildman–Crippen MR) is 102 cm³/mol. The SMILES string of the molecule is COC(=O)[C@@H]1C[C@H](NC(=O)c2ccccc2F)CN1C1Cc2ccccc2C1. The van der Waals surface area contributed by atoms with Crippen molar-refractivity contribution in [3.63, 3.8) is 0 Å². The third-order valence-corrected chi connectivity index (χ3v) is 5.76. The van der Waals surface area contributed by atoms with Crippen LogP contribution in [0.1, 0.15) is 27.9 Å². The maximum atomic E-state index is 13.9. The van der Waals surface area contributed by atoms with Crippen LogP contribution >= 0.6 is 0 Å². The number of nitrogens with zero attached hydrogens (tertiary/aromatic N) is 1. The molecule has 1 N–H and O–H groups in total. The number of fused-ring (bicyclic) bond motifs is 1. The first-order valence-electron chi connectivity index (χ1n) is 9.52. The number of amides is 1. The molecule has 0 aromatic heterocycles. The molecule has 146 valence electrons. The first-order chi connectivity index (χ1) is 13.6. The van der Waals surface area contributed by atoms with Crippen LogP contribution in [0.15, 0.2) is 48.5 Å². The lowest BCUT2D eigenvalue weighted by Gasteiger charge is -2.28. The Labute approximate surface area is 163 Å². The Hall–Kier alpha value is -2.73. The van der Waals surface area contributed by atoms with Gasteiger partial charge in [-0.05, 0) is 42.5 Å². The number of ether oxygens (including phenoxy) is 1. The number of carbonyl (C=O) groups excluding carboxylic acids is 2. The second-order valence-corrected chi connectivity index (χ2v) is 7.45. The van der Waals surface area contributed by atoms with Crippen LogP contribution in [0.3, 0.4) is 0 Å². The van der Waals surface area contributed by atoms with Crippen molar-refractivity contribution < 1.29 is 18.7 Å². The molecule has 0 saturated carbocycles. The summed E-state index contributed by atoms with van der Waals surface area (Å²) in [5.41, 5.74) is 2.62. The van der Waals surface area contributed by atoms with Crippen molar-refractivity contribution in [1.29, 1.82) is 0 Å². The van der Waals surface area contributed by atoms with Crippen molar-refractivity contribution in [3.05, 3.63) is 71.0 Å². The fourth-order valence-corrected chi connectivity index (χ4v) is 4.42. The van der Waals surface area contributed by atoms with Gasteiger partial charge in [-0.3, -0.25) is 14.5 Å². The van der Waals surface area contributed by atoms with Gasteiger partial charge in [-0.1, -0.05) is 36.4 Å². The first kappa shape index (κ1) is 18.6. The minimum Gasteiger partial charge on any atom is -0.468 e. The Morgan fingerprint density at radius 2 is 1.71 bits per heavy atom. The maximum absolute atomic E-state index is 13.9. The topological polar surface area (TPSA) is 58.6 Å². The molecule has 0 radical (unpaired) electrons. The molecule has 2 aliphatic rings. The number of methoxy groups -OCH3 is 1. The highest BCUT2D eigenvalue weighted by molar-refractivity contribution is 5.94. The monoisotopic (exact) mass is 382 g/mol. The minimum absolute atomic E-state index is 0.0174. The average Bonchev–Trinajstić information content (AvgIpc) is 3.31. The molecule has 6 heteroatoms. The van der Waals surface area contributed by atoms with E-state index in [9.17, 15) is 14.0 Å². The summed E-state index contributed by atoms with van der Waals surface area (Å²) in [5, 5.41) is 2.89. The largest absolute Gasteiger partial charge is 0.468 e. The number of esters is 1. The smallest absolute Gasteiger partial charge is 0.323 e. The van der Waals surface area contributed by atoms with Crippen LogP contribution < -0.4 is 5.32 Å². The standard InChI is InChI=1S/C22H23FN2O3/c1-28-22(27)20-12-16(24-21(26)18-8-4-5-9-19(18)23)13-25(20)17-10-14-6-2-3-7-15(14)11-17/h2-9,16-17,20H,10-13H2,1H3,(H,24,26)/t16-,20-/m0/s1. The van der Waals surface area contributed by atoms with E-state index in [1.54, 1.807) is 12.1 Å². The van der Waals surface area contributed by atoms with E-state index in [-0.39, 0.29) is 23.6 Å². The average molecular weight is 382 g/mol. The van der Waals surface area contributed by atoms with Gasteiger partial charge in [0.1, 0.15) is 11.9 Å². The number of benzene rings is 2. The van der Waals surface area contributed by atoms with Crippen LogP contribution in [0.5, 0.6) is 0 Å². The fraction of sp³-hybridized carbons (Fsp3) is 0.364. The predicted octanol–water partition coefficient (Wildman–Crippen LogP) is 2.34. The van der Waals surface area contributed by atoms with E-state index in [4.69, 9.17) is 4.74 Å². The molecule has 4 rings (SSSR count). The Kier molecular flexibility index (Phi) is 5.13. The summed E-state index contributed by atoms with van der Waals surface area (Å²) < 4.78 is 18.9. The van der Waals surface area contributed by atoms with Gasteiger partial charge in [-0.15, -0.1) is 0 Å². The number of rotatable bonds is 4. The number of likely N-dealkylation sites (tertiary alicyclic amines) is 1. The van der Waals surface area contributed by atoms with E-state index in [1.807, 2.05) is 12.1 Å². The van der Waals surface area contributed by atoms with Gasteiger partial charge in [0, 0.05) is 18.6 Å². The zero-order valence-electron chi connectivity index (χ0n) is 15.7. The van der Waals surface area contributed by atoms with Gasteiger partial charge in [0.2, 0.25) is 0 Å². The summed E-state index contributed by atoms with van der Waals surface area (Å²) in [6.07, 6.45) is 2.20. The molecule has 2 aromatic rings. The van der Waals surface area contributed by atoms with Crippen LogP contribution in [-0.2, 0) is 22.4 Å². The zero-order chi connectivity index (χ0) is 19.7. The van der Waals surface area contributed by atoms with Crippen molar-refractivity contribution >= 4 is 11.9 Å². The highest BCUT2D eigenvalue weighted by atomic mass is 19.1. The Bertz CT molecular complexity index is 876. The normalized spacial score (nSPS) is 22.1. The Morgan fingerprint density at radius 1 is 1.07 bits per heavy atom. The van der Waals surface area contributed by atoms with E-state index >= 15 is 0 Å². The Morgan fingerprint density at radius 3 is 2.36 bits per heavy atom. The summed E-state index contributed by atoms with van der Waals surface area (Å²) in [6, 6.07) is 13.8. The third kappa shape index (κ3) is 3.52. The number of hydrogen-bond donors (Lipinski definition) is 1. The summed E-state index contributed by atoms with van der Waals surface area (Å²) in [7, 11) is 1.38. The van der Waals surface area contributed by atoms with Crippen molar-refractivity contribution in [2.24, 2.45) is 0 Å². The van der Waals surface area contributed by atoms with E-state index < -0.39 is 17.8 Å². The molecule has 2 aromatic carbocycles. The Balaban J connectivity index is 1.49.